The zero-order valence-corrected chi connectivity index (χ0v) is 17.3. The van der Waals surface area contributed by atoms with Crippen LogP contribution >= 0.6 is 0 Å². The van der Waals surface area contributed by atoms with Crippen LogP contribution in [0.25, 0.3) is 0 Å². The predicted molar refractivity (Wildman–Crippen MR) is 111 cm³/mol. The molecule has 1 aliphatic carbocycles. The number of hydrogen-bond donors (Lipinski definition) is 2. The van der Waals surface area contributed by atoms with Gasteiger partial charge in [-0.25, -0.2) is 8.42 Å². The largest absolute Gasteiger partial charge is 0.350 e. The molecule has 1 atom stereocenters. The highest BCUT2D eigenvalue weighted by Crippen LogP contribution is 2.26. The Morgan fingerprint density at radius 1 is 1.18 bits per heavy atom. The molecule has 1 amide bonds. The third kappa shape index (κ3) is 5.11. The summed E-state index contributed by atoms with van der Waals surface area (Å²) in [5.41, 5.74) is 1.86. The molecule has 1 fully saturated rings. The molecule has 1 unspecified atom stereocenters. The number of nitrogens with zero attached hydrogens (tertiary/aromatic N) is 1. The average Bonchev–Trinajstić information content (AvgIpc) is 3.52. The Morgan fingerprint density at radius 2 is 1.86 bits per heavy atom. The summed E-state index contributed by atoms with van der Waals surface area (Å²) in [6, 6.07) is 14.0. The molecule has 150 valence electrons. The molecule has 28 heavy (non-hydrogen) atoms. The molecule has 0 bridgehead atoms. The van der Waals surface area contributed by atoms with Crippen molar-refractivity contribution in [1.29, 1.82) is 0 Å². The van der Waals surface area contributed by atoms with Gasteiger partial charge in [-0.2, -0.15) is 0 Å². The number of rotatable bonds is 8. The first-order valence-corrected chi connectivity index (χ1v) is 10.9. The Morgan fingerprint density at radius 3 is 2.50 bits per heavy atom. The predicted octanol–water partition coefficient (Wildman–Crippen LogP) is 3.01. The number of sulfonamides is 1. The molecule has 3 rings (SSSR count). The molecule has 2 aromatic rings. The summed E-state index contributed by atoms with van der Waals surface area (Å²) >= 11 is 0. The molecular weight excluding hydrogens is 374 g/mol. The Balaban J connectivity index is 1.66. The average molecular weight is 402 g/mol. The zero-order valence-electron chi connectivity index (χ0n) is 16.5. The first kappa shape index (κ1) is 20.4. The van der Waals surface area contributed by atoms with Gasteiger partial charge in [0.15, 0.2) is 0 Å². The van der Waals surface area contributed by atoms with Crippen molar-refractivity contribution in [3.8, 4) is 0 Å². The van der Waals surface area contributed by atoms with Crippen LogP contribution < -0.4 is 10.0 Å². The summed E-state index contributed by atoms with van der Waals surface area (Å²) in [5, 5.41) is 2.90. The number of amides is 1. The summed E-state index contributed by atoms with van der Waals surface area (Å²) in [4.78, 5) is 14.8. The number of likely N-dealkylation sites (N-methyl/N-ethyl adjacent to an activating group) is 1. The number of carbonyl (C=O) groups is 1. The van der Waals surface area contributed by atoms with Gasteiger partial charge >= 0.3 is 0 Å². The second kappa shape index (κ2) is 8.32. The fourth-order valence-electron chi connectivity index (χ4n) is 2.97. The van der Waals surface area contributed by atoms with E-state index < -0.39 is 10.0 Å². The maximum absolute atomic E-state index is 12.6. The van der Waals surface area contributed by atoms with Crippen LogP contribution in [0.4, 0.5) is 5.69 Å². The van der Waals surface area contributed by atoms with Crippen LogP contribution in [0.1, 0.15) is 35.7 Å². The number of anilines is 1. The van der Waals surface area contributed by atoms with E-state index in [0.717, 1.165) is 5.56 Å². The maximum Gasteiger partial charge on any atom is 0.261 e. The fraction of sp³-hybridized carbons (Fsp3) is 0.381. The Labute approximate surface area is 167 Å². The lowest BCUT2D eigenvalue weighted by Gasteiger charge is -2.24. The number of hydrogen-bond acceptors (Lipinski definition) is 4. The lowest BCUT2D eigenvalue weighted by atomic mass is 10.2. The van der Waals surface area contributed by atoms with E-state index in [1.165, 1.54) is 25.0 Å². The SMILES string of the molecule is Cc1ccc(NS(=O)(=O)c2cccc(C(=O)NCC(C)N(C)C3CC3)c2)cc1. The minimum Gasteiger partial charge on any atom is -0.350 e. The van der Waals surface area contributed by atoms with E-state index in [9.17, 15) is 13.2 Å². The highest BCUT2D eigenvalue weighted by atomic mass is 32.2. The fourth-order valence-corrected chi connectivity index (χ4v) is 4.07. The van der Waals surface area contributed by atoms with E-state index in [1.807, 2.05) is 19.1 Å². The van der Waals surface area contributed by atoms with Crippen LogP contribution in [0.3, 0.4) is 0 Å². The molecule has 0 aromatic heterocycles. The minimum atomic E-state index is -3.77. The molecule has 0 aliphatic heterocycles. The van der Waals surface area contributed by atoms with E-state index >= 15 is 0 Å². The van der Waals surface area contributed by atoms with Crippen LogP contribution in [-0.4, -0.2) is 44.9 Å². The molecular formula is C21H27N3O3S. The van der Waals surface area contributed by atoms with Crippen molar-refractivity contribution in [2.24, 2.45) is 0 Å². The third-order valence-electron chi connectivity index (χ3n) is 5.09. The quantitative estimate of drug-likeness (QED) is 0.713. The van der Waals surface area contributed by atoms with Crippen LogP contribution in [0.2, 0.25) is 0 Å². The molecule has 1 saturated carbocycles. The summed E-state index contributed by atoms with van der Waals surface area (Å²) < 4.78 is 27.8. The van der Waals surface area contributed by atoms with Crippen molar-refractivity contribution in [3.63, 3.8) is 0 Å². The summed E-state index contributed by atoms with van der Waals surface area (Å²) in [5.74, 6) is -0.275. The first-order chi connectivity index (χ1) is 13.3. The van der Waals surface area contributed by atoms with Crippen molar-refractivity contribution in [1.82, 2.24) is 10.2 Å². The van der Waals surface area contributed by atoms with Gasteiger partial charge in [-0.05, 0) is 64.1 Å². The van der Waals surface area contributed by atoms with Gasteiger partial charge in [-0.1, -0.05) is 23.8 Å². The number of aryl methyl sites for hydroxylation is 1. The Bertz CT molecular complexity index is 938. The van der Waals surface area contributed by atoms with Crippen molar-refractivity contribution < 1.29 is 13.2 Å². The highest BCUT2D eigenvalue weighted by molar-refractivity contribution is 7.92. The van der Waals surface area contributed by atoms with Gasteiger partial charge < -0.3 is 5.32 Å². The van der Waals surface area contributed by atoms with E-state index in [1.54, 1.807) is 24.3 Å². The summed E-state index contributed by atoms with van der Waals surface area (Å²) in [7, 11) is -1.70. The molecule has 1 aliphatic rings. The van der Waals surface area contributed by atoms with Crippen molar-refractivity contribution in [2.45, 2.75) is 43.7 Å². The Kier molecular flexibility index (Phi) is 6.05. The summed E-state index contributed by atoms with van der Waals surface area (Å²) in [6.45, 7) is 4.53. The standard InChI is InChI=1S/C21H27N3O3S/c1-15-7-9-18(10-8-15)23-28(26,27)20-6-4-5-17(13-20)21(25)22-14-16(2)24(3)19-11-12-19/h4-10,13,16,19,23H,11-12,14H2,1-3H3,(H,22,25). The van der Waals surface area contributed by atoms with Crippen LogP contribution in [0, 0.1) is 6.92 Å². The normalized spacial score (nSPS) is 15.3. The molecule has 0 heterocycles. The molecule has 6 nitrogen and oxygen atoms in total. The van der Waals surface area contributed by atoms with Gasteiger partial charge in [0, 0.05) is 29.9 Å². The molecule has 0 saturated heterocycles. The third-order valence-corrected chi connectivity index (χ3v) is 6.47. The highest BCUT2D eigenvalue weighted by Gasteiger charge is 2.29. The van der Waals surface area contributed by atoms with Crippen LogP contribution in [0.15, 0.2) is 53.4 Å². The van der Waals surface area contributed by atoms with E-state index in [-0.39, 0.29) is 16.8 Å². The van der Waals surface area contributed by atoms with E-state index in [4.69, 9.17) is 0 Å². The van der Waals surface area contributed by atoms with Crippen molar-refractivity contribution in [3.05, 3.63) is 59.7 Å². The molecule has 0 radical (unpaired) electrons. The monoisotopic (exact) mass is 401 g/mol. The maximum atomic E-state index is 12.6. The number of nitrogens with one attached hydrogen (secondary N) is 2. The zero-order chi connectivity index (χ0) is 20.3. The van der Waals surface area contributed by atoms with Gasteiger partial charge in [0.2, 0.25) is 0 Å². The smallest absolute Gasteiger partial charge is 0.261 e. The molecule has 2 aromatic carbocycles. The van der Waals surface area contributed by atoms with Gasteiger partial charge in [0.1, 0.15) is 0 Å². The number of benzene rings is 2. The molecule has 2 N–H and O–H groups in total. The van der Waals surface area contributed by atoms with E-state index in [0.29, 0.717) is 23.8 Å². The van der Waals surface area contributed by atoms with Gasteiger partial charge in [0.25, 0.3) is 15.9 Å². The van der Waals surface area contributed by atoms with Gasteiger partial charge in [-0.3, -0.25) is 14.4 Å². The molecule has 7 heteroatoms. The van der Waals surface area contributed by atoms with Gasteiger partial charge in [0.05, 0.1) is 4.90 Å². The first-order valence-electron chi connectivity index (χ1n) is 9.46. The van der Waals surface area contributed by atoms with Gasteiger partial charge in [-0.15, -0.1) is 0 Å². The Hall–Kier alpha value is -2.38. The second-order valence-electron chi connectivity index (χ2n) is 7.46. The van der Waals surface area contributed by atoms with Crippen LogP contribution in [0.5, 0.6) is 0 Å². The van der Waals surface area contributed by atoms with E-state index in [2.05, 4.69) is 28.9 Å². The lowest BCUT2D eigenvalue weighted by Crippen LogP contribution is -2.41. The summed E-state index contributed by atoms with van der Waals surface area (Å²) in [6.07, 6.45) is 2.42. The molecule has 0 spiro atoms. The lowest BCUT2D eigenvalue weighted by molar-refractivity contribution is 0.0939. The van der Waals surface area contributed by atoms with Crippen molar-refractivity contribution in [2.75, 3.05) is 18.3 Å². The number of carbonyl (C=O) groups excluding carboxylic acids is 1. The topological polar surface area (TPSA) is 78.5 Å². The van der Waals surface area contributed by atoms with Crippen LogP contribution in [-0.2, 0) is 10.0 Å². The van der Waals surface area contributed by atoms with Crippen molar-refractivity contribution >= 4 is 21.6 Å². The minimum absolute atomic E-state index is 0.0591. The second-order valence-corrected chi connectivity index (χ2v) is 9.14.